The van der Waals surface area contributed by atoms with E-state index in [1.807, 2.05) is 41.2 Å². The summed E-state index contributed by atoms with van der Waals surface area (Å²) < 4.78 is 3.60. The Bertz CT molecular complexity index is 865. The highest BCUT2D eigenvalue weighted by Gasteiger charge is 2.18. The maximum absolute atomic E-state index is 12.3. The molecule has 26 heavy (non-hydrogen) atoms. The molecule has 0 atom stereocenters. The molecule has 0 saturated carbocycles. The van der Waals surface area contributed by atoms with Crippen molar-refractivity contribution in [3.63, 3.8) is 0 Å². The average molecular weight is 351 g/mol. The molecule has 1 aromatic carbocycles. The molecule has 1 fully saturated rings. The molecule has 2 N–H and O–H groups in total. The van der Waals surface area contributed by atoms with Crippen molar-refractivity contribution in [2.45, 2.75) is 25.4 Å². The summed E-state index contributed by atoms with van der Waals surface area (Å²) in [4.78, 5) is 12.3. The molecule has 0 unspecified atom stereocenters. The number of para-hydroxylation sites is 1. The van der Waals surface area contributed by atoms with Crippen LogP contribution in [0, 0.1) is 0 Å². The smallest absolute Gasteiger partial charge is 0.273 e. The summed E-state index contributed by atoms with van der Waals surface area (Å²) in [5, 5.41) is 18.7. The summed E-state index contributed by atoms with van der Waals surface area (Å²) >= 11 is 0. The third-order valence-electron chi connectivity index (χ3n) is 4.54. The number of piperidine rings is 1. The van der Waals surface area contributed by atoms with Gasteiger partial charge in [0.05, 0.1) is 24.1 Å². The van der Waals surface area contributed by atoms with E-state index in [1.165, 1.54) is 0 Å². The third-order valence-corrected chi connectivity index (χ3v) is 4.54. The van der Waals surface area contributed by atoms with Crippen LogP contribution in [-0.2, 0) is 6.54 Å². The predicted molar refractivity (Wildman–Crippen MR) is 95.9 cm³/mol. The van der Waals surface area contributed by atoms with Gasteiger partial charge in [-0.25, -0.2) is 9.36 Å². The maximum Gasteiger partial charge on any atom is 0.273 e. The number of hydrogen-bond donors (Lipinski definition) is 2. The Hall–Kier alpha value is -3.00. The molecular formula is C18H21N7O. The van der Waals surface area contributed by atoms with Crippen molar-refractivity contribution in [1.82, 2.24) is 35.4 Å². The molecule has 0 aliphatic carbocycles. The lowest BCUT2D eigenvalue weighted by atomic mass is 10.1. The van der Waals surface area contributed by atoms with E-state index in [-0.39, 0.29) is 5.91 Å². The number of benzene rings is 1. The molecule has 1 aliphatic rings. The highest BCUT2D eigenvalue weighted by Crippen LogP contribution is 2.17. The molecule has 8 heteroatoms. The number of carbonyl (C=O) groups excluding carboxylic acids is 1. The molecule has 4 rings (SSSR count). The van der Waals surface area contributed by atoms with Crippen LogP contribution in [0.15, 0.2) is 48.9 Å². The Balaban J connectivity index is 1.35. The molecule has 3 heterocycles. The van der Waals surface area contributed by atoms with Crippen molar-refractivity contribution in [1.29, 1.82) is 0 Å². The SMILES string of the molecule is O=C(NCc1cnn(-c2ccccc2)c1)c1cn(C2CCNCC2)nn1. The standard InChI is InChI=1S/C18H21N7O/c26-18(17-13-25(23-22-17)16-6-8-19-9-7-16)20-10-14-11-21-24(12-14)15-4-2-1-3-5-15/h1-5,11-13,16,19H,6-10H2,(H,20,26). The Morgan fingerprint density at radius 3 is 2.81 bits per heavy atom. The van der Waals surface area contributed by atoms with Crippen LogP contribution in [0.5, 0.6) is 0 Å². The van der Waals surface area contributed by atoms with E-state index in [0.29, 0.717) is 18.3 Å². The molecule has 1 amide bonds. The first-order valence-electron chi connectivity index (χ1n) is 8.79. The second-order valence-corrected chi connectivity index (χ2v) is 6.38. The number of carbonyl (C=O) groups is 1. The van der Waals surface area contributed by atoms with Crippen LogP contribution in [-0.4, -0.2) is 43.8 Å². The lowest BCUT2D eigenvalue weighted by molar-refractivity contribution is 0.0946. The average Bonchev–Trinajstić information content (AvgIpc) is 3.37. The largest absolute Gasteiger partial charge is 0.346 e. The fourth-order valence-electron chi connectivity index (χ4n) is 3.08. The van der Waals surface area contributed by atoms with Crippen molar-refractivity contribution in [2.75, 3.05) is 13.1 Å². The number of nitrogens with zero attached hydrogens (tertiary/aromatic N) is 5. The van der Waals surface area contributed by atoms with Gasteiger partial charge in [0.15, 0.2) is 5.69 Å². The van der Waals surface area contributed by atoms with Gasteiger partial charge >= 0.3 is 0 Å². The van der Waals surface area contributed by atoms with Crippen molar-refractivity contribution >= 4 is 5.91 Å². The Morgan fingerprint density at radius 2 is 2.00 bits per heavy atom. The summed E-state index contributed by atoms with van der Waals surface area (Å²) in [6.07, 6.45) is 7.39. The second kappa shape index (κ2) is 7.49. The number of aromatic nitrogens is 5. The Morgan fingerprint density at radius 1 is 1.19 bits per heavy atom. The van der Waals surface area contributed by atoms with Gasteiger partial charge in [0.25, 0.3) is 5.91 Å². The van der Waals surface area contributed by atoms with E-state index in [4.69, 9.17) is 0 Å². The van der Waals surface area contributed by atoms with E-state index in [1.54, 1.807) is 17.1 Å². The Kier molecular flexibility index (Phi) is 4.74. The van der Waals surface area contributed by atoms with Crippen LogP contribution in [0.25, 0.3) is 5.69 Å². The minimum Gasteiger partial charge on any atom is -0.346 e. The summed E-state index contributed by atoms with van der Waals surface area (Å²) in [6, 6.07) is 10.2. The fraction of sp³-hybridized carbons (Fsp3) is 0.333. The minimum atomic E-state index is -0.224. The molecule has 8 nitrogen and oxygen atoms in total. The van der Waals surface area contributed by atoms with Gasteiger partial charge in [0, 0.05) is 18.3 Å². The van der Waals surface area contributed by atoms with Gasteiger partial charge < -0.3 is 10.6 Å². The Labute approximate surface area is 151 Å². The zero-order valence-corrected chi connectivity index (χ0v) is 14.4. The molecule has 0 bridgehead atoms. The van der Waals surface area contributed by atoms with Crippen LogP contribution in [0.4, 0.5) is 0 Å². The van der Waals surface area contributed by atoms with E-state index in [0.717, 1.165) is 37.2 Å². The van der Waals surface area contributed by atoms with E-state index < -0.39 is 0 Å². The topological polar surface area (TPSA) is 89.7 Å². The predicted octanol–water partition coefficient (Wildman–Crippen LogP) is 1.32. The first-order valence-corrected chi connectivity index (χ1v) is 8.79. The lowest BCUT2D eigenvalue weighted by Crippen LogP contribution is -2.29. The molecule has 3 aromatic rings. The zero-order valence-electron chi connectivity index (χ0n) is 14.4. The van der Waals surface area contributed by atoms with E-state index in [9.17, 15) is 4.79 Å². The van der Waals surface area contributed by atoms with Crippen molar-refractivity contribution in [3.05, 3.63) is 60.2 Å². The molecule has 0 spiro atoms. The minimum absolute atomic E-state index is 0.224. The van der Waals surface area contributed by atoms with Gasteiger partial charge in [-0.1, -0.05) is 23.4 Å². The summed E-state index contributed by atoms with van der Waals surface area (Å²) in [7, 11) is 0. The maximum atomic E-state index is 12.3. The quantitative estimate of drug-likeness (QED) is 0.724. The number of amides is 1. The molecule has 134 valence electrons. The highest BCUT2D eigenvalue weighted by atomic mass is 16.2. The summed E-state index contributed by atoms with van der Waals surface area (Å²) in [5.74, 6) is -0.224. The number of nitrogens with one attached hydrogen (secondary N) is 2. The van der Waals surface area contributed by atoms with Crippen molar-refractivity contribution in [2.24, 2.45) is 0 Å². The molecule has 1 saturated heterocycles. The first-order chi connectivity index (χ1) is 12.8. The molecular weight excluding hydrogens is 330 g/mol. The van der Waals surface area contributed by atoms with Crippen LogP contribution in [0.3, 0.4) is 0 Å². The van der Waals surface area contributed by atoms with Crippen molar-refractivity contribution in [3.8, 4) is 5.69 Å². The summed E-state index contributed by atoms with van der Waals surface area (Å²) in [5.41, 5.74) is 2.25. The van der Waals surface area contributed by atoms with Gasteiger partial charge in [-0.05, 0) is 38.1 Å². The van der Waals surface area contributed by atoms with Crippen LogP contribution in [0.1, 0.15) is 34.9 Å². The van der Waals surface area contributed by atoms with Crippen LogP contribution >= 0.6 is 0 Å². The number of rotatable bonds is 5. The van der Waals surface area contributed by atoms with Crippen LogP contribution < -0.4 is 10.6 Å². The molecule has 0 radical (unpaired) electrons. The number of hydrogen-bond acceptors (Lipinski definition) is 5. The van der Waals surface area contributed by atoms with Gasteiger partial charge in [0.2, 0.25) is 0 Å². The van der Waals surface area contributed by atoms with Gasteiger partial charge in [0.1, 0.15) is 0 Å². The monoisotopic (exact) mass is 351 g/mol. The van der Waals surface area contributed by atoms with Crippen molar-refractivity contribution < 1.29 is 4.79 Å². The second-order valence-electron chi connectivity index (χ2n) is 6.38. The molecule has 2 aromatic heterocycles. The lowest BCUT2D eigenvalue weighted by Gasteiger charge is -2.22. The van der Waals surface area contributed by atoms with E-state index >= 15 is 0 Å². The fourth-order valence-corrected chi connectivity index (χ4v) is 3.08. The first kappa shape index (κ1) is 16.5. The van der Waals surface area contributed by atoms with Gasteiger partial charge in [-0.2, -0.15) is 5.10 Å². The van der Waals surface area contributed by atoms with Gasteiger partial charge in [-0.15, -0.1) is 5.10 Å². The third kappa shape index (κ3) is 3.65. The van der Waals surface area contributed by atoms with E-state index in [2.05, 4.69) is 26.0 Å². The zero-order chi connectivity index (χ0) is 17.8. The highest BCUT2D eigenvalue weighted by molar-refractivity contribution is 5.91. The normalized spacial score (nSPS) is 15.1. The van der Waals surface area contributed by atoms with Gasteiger partial charge in [-0.3, -0.25) is 4.79 Å². The van der Waals surface area contributed by atoms with Crippen LogP contribution in [0.2, 0.25) is 0 Å². The molecule has 1 aliphatic heterocycles. The summed E-state index contributed by atoms with van der Waals surface area (Å²) in [6.45, 7) is 2.33.